The van der Waals surface area contributed by atoms with Gasteiger partial charge in [0.2, 0.25) is 0 Å². The SMILES string of the molecule is CCl.COC(=O)c1ccc2c(c1)CCNC2.IC(I)I.O=C(O)c1ccc2c(c1)CCN(C(=O)OCc1ccccc1)C2.[CH2-]I.[V]. The summed E-state index contributed by atoms with van der Waals surface area (Å²) in [7, 11) is 1.41. The zero-order chi connectivity index (χ0) is 33.8. The van der Waals surface area contributed by atoms with Gasteiger partial charge in [-0.25, -0.2) is 14.4 Å². The molecule has 0 aromatic heterocycles. The van der Waals surface area contributed by atoms with E-state index >= 15 is 0 Å². The van der Waals surface area contributed by atoms with Gasteiger partial charge in [0.1, 0.15) is 6.54 Å². The fourth-order valence-corrected chi connectivity index (χ4v) is 4.37. The molecule has 0 fully saturated rings. The number of benzene rings is 3. The minimum absolute atomic E-state index is 0. The van der Waals surface area contributed by atoms with Crippen LogP contribution in [0, 0.1) is 4.93 Å². The van der Waals surface area contributed by atoms with Crippen molar-refractivity contribution in [2.45, 2.75) is 32.5 Å². The number of alkyl halides is 4. The van der Waals surface area contributed by atoms with Crippen LogP contribution in [0.3, 0.4) is 0 Å². The molecule has 0 atom stereocenters. The topological polar surface area (TPSA) is 105 Å². The number of hydrogen-bond donors (Lipinski definition) is 2. The normalized spacial score (nSPS) is 12.2. The predicted molar refractivity (Wildman–Crippen MR) is 214 cm³/mol. The van der Waals surface area contributed by atoms with E-state index in [9.17, 15) is 14.4 Å². The van der Waals surface area contributed by atoms with Gasteiger partial charge in [0.15, 0.2) is 0 Å². The Morgan fingerprint density at radius 1 is 0.913 bits per heavy atom. The molecule has 2 heterocycles. The second-order valence-electron chi connectivity index (χ2n) is 9.15. The molecule has 1 amide bonds. The van der Waals surface area contributed by atoms with Gasteiger partial charge in [-0.15, -0.1) is 11.6 Å². The Morgan fingerprint density at radius 3 is 2.09 bits per heavy atom. The average Bonchev–Trinajstić information content (AvgIpc) is 3.08. The van der Waals surface area contributed by atoms with Gasteiger partial charge in [0, 0.05) is 44.6 Å². The smallest absolute Gasteiger partial charge is 0.410 e. The molecule has 14 heteroatoms. The third-order valence-corrected chi connectivity index (χ3v) is 6.44. The van der Waals surface area contributed by atoms with Crippen molar-refractivity contribution in [1.82, 2.24) is 10.2 Å². The minimum Gasteiger partial charge on any atom is -0.478 e. The molecule has 0 saturated carbocycles. The summed E-state index contributed by atoms with van der Waals surface area (Å²) in [6.45, 7) is 3.11. The first-order valence-electron chi connectivity index (χ1n) is 13.5. The number of hydrogen-bond acceptors (Lipinski definition) is 6. The molecule has 0 aliphatic carbocycles. The molecule has 3 aromatic rings. The number of carboxylic acid groups (broad SMARTS) is 1. The van der Waals surface area contributed by atoms with E-state index in [1.54, 1.807) is 23.1 Å². The number of ether oxygens (including phenoxy) is 2. The molecule has 8 nitrogen and oxygen atoms in total. The number of nitrogens with one attached hydrogen (secondary N) is 1. The summed E-state index contributed by atoms with van der Waals surface area (Å²) in [5, 5.41) is 12.3. The van der Waals surface area contributed by atoms with Gasteiger partial charge in [0.25, 0.3) is 0 Å². The maximum Gasteiger partial charge on any atom is 0.410 e. The van der Waals surface area contributed by atoms with Gasteiger partial charge in [-0.05, 0) is 71.5 Å². The van der Waals surface area contributed by atoms with Crippen LogP contribution < -0.4 is 5.32 Å². The van der Waals surface area contributed by atoms with Crippen LogP contribution in [0.2, 0.25) is 0 Å². The minimum atomic E-state index is -0.933. The summed E-state index contributed by atoms with van der Waals surface area (Å²) >= 11 is 13.5. The van der Waals surface area contributed by atoms with Crippen molar-refractivity contribution >= 4 is 120 Å². The van der Waals surface area contributed by atoms with Crippen LogP contribution in [-0.2, 0) is 60.6 Å². The molecule has 0 spiro atoms. The Bertz CT molecular complexity index is 1350. The van der Waals surface area contributed by atoms with Crippen LogP contribution in [0.1, 0.15) is 48.5 Å². The van der Waals surface area contributed by atoms with Crippen molar-refractivity contribution in [2.75, 3.05) is 26.6 Å². The number of fused-ring (bicyclic) bond motifs is 2. The molecule has 0 saturated heterocycles. The van der Waals surface area contributed by atoms with E-state index in [0.717, 1.165) is 36.1 Å². The van der Waals surface area contributed by atoms with Crippen molar-refractivity contribution in [3.8, 4) is 0 Å². The molecule has 2 aliphatic rings. The van der Waals surface area contributed by atoms with Gasteiger partial charge >= 0.3 is 18.0 Å². The summed E-state index contributed by atoms with van der Waals surface area (Å²) in [6.07, 6.45) is 2.75. The van der Waals surface area contributed by atoms with Crippen LogP contribution in [-0.4, -0.2) is 54.6 Å². The number of halogens is 5. The van der Waals surface area contributed by atoms with E-state index in [0.29, 0.717) is 25.1 Å². The standard InChI is InChI=1S/C18H17NO4.C11H13NO2.CH3Cl.CHI3.CH2I.V/c20-17(21)15-6-7-16-11-19(9-8-14(16)10-15)18(22)23-12-13-4-2-1-3-5-13;1-14-11(13)9-2-3-10-7-12-5-4-8(10)6-9;1-2;2-1(3)4;1-2;/h1-7,10H,8-9,11-12H2,(H,20,21);2-3,6,12H,4-5,7H2,1H3;1H3;1H;1H2;/q;;;;-1;. The van der Waals surface area contributed by atoms with Gasteiger partial charge in [0.05, 0.1) is 18.2 Å². The zero-order valence-corrected chi connectivity index (χ0v) is 36.1. The molecule has 0 unspecified atom stereocenters. The summed E-state index contributed by atoms with van der Waals surface area (Å²) in [4.78, 5) is 39.3. The molecule has 2 N–H and O–H groups in total. The van der Waals surface area contributed by atoms with Crippen LogP contribution in [0.4, 0.5) is 4.79 Å². The van der Waals surface area contributed by atoms with E-state index in [-0.39, 0.29) is 42.8 Å². The number of carboxylic acids is 1. The first kappa shape index (κ1) is 45.6. The molecular formula is C32H36ClI4N2O6V-. The molecule has 0 bridgehead atoms. The second kappa shape index (κ2) is 26.5. The molecule has 251 valence electrons. The largest absolute Gasteiger partial charge is 0.478 e. The second-order valence-corrected chi connectivity index (χ2v) is 20.0. The average molecular weight is 1140 g/mol. The van der Waals surface area contributed by atoms with Crippen molar-refractivity contribution < 1.29 is 47.5 Å². The summed E-state index contributed by atoms with van der Waals surface area (Å²) in [5.74, 6) is -1.19. The van der Waals surface area contributed by atoms with E-state index in [2.05, 4.69) is 94.4 Å². The van der Waals surface area contributed by atoms with Gasteiger partial charge in [-0.3, -0.25) is 4.93 Å². The first-order chi connectivity index (χ1) is 21.7. The Labute approximate surface area is 343 Å². The molecule has 3 aromatic carbocycles. The fraction of sp³-hybridized carbons (Fsp3) is 0.312. The number of methoxy groups -OCH3 is 1. The summed E-state index contributed by atoms with van der Waals surface area (Å²) in [6, 6.07) is 20.3. The van der Waals surface area contributed by atoms with Crippen LogP contribution >= 0.6 is 102 Å². The first-order valence-corrected chi connectivity index (χ1v) is 19.5. The number of carbonyl (C=O) groups excluding carboxylic acids is 2. The third kappa shape index (κ3) is 16.8. The Morgan fingerprint density at radius 2 is 1.48 bits per heavy atom. The molecule has 5 rings (SSSR count). The zero-order valence-electron chi connectivity index (χ0n) is 25.4. The predicted octanol–water partition coefficient (Wildman–Crippen LogP) is 8.84. The van der Waals surface area contributed by atoms with Crippen LogP contribution in [0.5, 0.6) is 0 Å². The van der Waals surface area contributed by atoms with E-state index in [4.69, 9.17) is 9.84 Å². The molecule has 46 heavy (non-hydrogen) atoms. The summed E-state index contributed by atoms with van der Waals surface area (Å²) in [5.41, 5.74) is 6.37. The Kier molecular flexibility index (Phi) is 26.3. The van der Waals surface area contributed by atoms with Crippen molar-refractivity contribution in [1.29, 1.82) is 0 Å². The van der Waals surface area contributed by atoms with Crippen molar-refractivity contribution in [3.63, 3.8) is 0 Å². The number of nitrogens with zero attached hydrogens (tertiary/aromatic N) is 1. The fourth-order valence-electron chi connectivity index (χ4n) is 4.37. The number of rotatable bonds is 4. The number of amides is 1. The van der Waals surface area contributed by atoms with Crippen molar-refractivity contribution in [2.24, 2.45) is 0 Å². The number of aromatic carboxylic acids is 1. The molecular weight excluding hydrogens is 1100 g/mol. The van der Waals surface area contributed by atoms with Crippen molar-refractivity contribution in [3.05, 3.63) is 111 Å². The third-order valence-electron chi connectivity index (χ3n) is 6.44. The van der Waals surface area contributed by atoms with E-state index in [1.165, 1.54) is 24.6 Å². The molecule has 1 radical (unpaired) electrons. The summed E-state index contributed by atoms with van der Waals surface area (Å²) < 4.78 is 10.8. The monoisotopic (exact) mass is 1140 g/mol. The van der Waals surface area contributed by atoms with Gasteiger partial charge in [-0.1, -0.05) is 110 Å². The van der Waals surface area contributed by atoms with Gasteiger partial charge < -0.3 is 47.4 Å². The van der Waals surface area contributed by atoms with Gasteiger partial charge in [-0.2, -0.15) is 0 Å². The Hall–Kier alpha value is -0.376. The maximum atomic E-state index is 12.2. The molecule has 2 aliphatic heterocycles. The number of carbonyl (C=O) groups is 3. The van der Waals surface area contributed by atoms with E-state index < -0.39 is 5.97 Å². The van der Waals surface area contributed by atoms with Crippen LogP contribution in [0.15, 0.2) is 66.7 Å². The quantitative estimate of drug-likeness (QED) is 0.117. The number of esters is 1. The van der Waals surface area contributed by atoms with E-state index in [1.807, 2.05) is 71.1 Å². The maximum absolute atomic E-state index is 12.2. The van der Waals surface area contributed by atoms with Crippen LogP contribution in [0.25, 0.3) is 0 Å². The Balaban J connectivity index is 0.000000753.